The molecule has 1 N–H and O–H groups in total. The summed E-state index contributed by atoms with van der Waals surface area (Å²) in [7, 11) is 0. The Balaban J connectivity index is 1.28. The van der Waals surface area contributed by atoms with Crippen molar-refractivity contribution < 1.29 is 8.83 Å². The maximum atomic E-state index is 5.68. The van der Waals surface area contributed by atoms with Crippen molar-refractivity contribution in [1.29, 1.82) is 0 Å². The van der Waals surface area contributed by atoms with Crippen LogP contribution in [-0.2, 0) is 6.54 Å². The molecule has 4 heterocycles. The summed E-state index contributed by atoms with van der Waals surface area (Å²) >= 11 is 0. The fourth-order valence-corrected chi connectivity index (χ4v) is 3.12. The first kappa shape index (κ1) is 15.8. The van der Waals surface area contributed by atoms with Crippen LogP contribution < -0.4 is 5.32 Å². The van der Waals surface area contributed by atoms with Crippen LogP contribution in [0.1, 0.15) is 18.0 Å². The van der Waals surface area contributed by atoms with Crippen LogP contribution in [-0.4, -0.2) is 39.7 Å². The lowest BCUT2D eigenvalue weighted by atomic mass is 10.1. The number of rotatable bonds is 6. The molecule has 0 aromatic carbocycles. The van der Waals surface area contributed by atoms with Crippen LogP contribution in [0.15, 0.2) is 45.4 Å². The predicted molar refractivity (Wildman–Crippen MR) is 92.8 cm³/mol. The Bertz CT molecular complexity index is 815. The molecule has 1 saturated heterocycles. The second-order valence-corrected chi connectivity index (χ2v) is 6.41. The van der Waals surface area contributed by atoms with Crippen molar-refractivity contribution in [3.05, 3.63) is 48.2 Å². The van der Waals surface area contributed by atoms with Crippen molar-refractivity contribution in [2.45, 2.75) is 19.9 Å². The summed E-state index contributed by atoms with van der Waals surface area (Å²) in [4.78, 5) is 6.82. The Labute approximate surface area is 146 Å². The fourth-order valence-electron chi connectivity index (χ4n) is 3.12. The van der Waals surface area contributed by atoms with E-state index in [0.29, 0.717) is 30.0 Å². The summed E-state index contributed by atoms with van der Waals surface area (Å²) in [5.74, 6) is 3.20. The maximum absolute atomic E-state index is 5.68. The number of furan rings is 1. The number of hydrogen-bond acceptors (Lipinski definition) is 7. The lowest BCUT2D eigenvalue weighted by Gasteiger charge is -2.14. The van der Waals surface area contributed by atoms with E-state index in [4.69, 9.17) is 8.83 Å². The number of aryl methyl sites for hydroxylation is 1. The van der Waals surface area contributed by atoms with Gasteiger partial charge in [-0.15, -0.1) is 10.2 Å². The highest BCUT2D eigenvalue weighted by molar-refractivity contribution is 5.42. The molecule has 0 amide bonds. The molecule has 130 valence electrons. The number of hydrogen-bond donors (Lipinski definition) is 1. The van der Waals surface area contributed by atoms with E-state index in [-0.39, 0.29) is 0 Å². The molecule has 3 aromatic heterocycles. The normalized spacial score (nSPS) is 17.9. The summed E-state index contributed by atoms with van der Waals surface area (Å²) in [5, 5.41) is 11.6. The van der Waals surface area contributed by atoms with Crippen LogP contribution in [0.2, 0.25) is 0 Å². The fraction of sp³-hybridized carbons (Fsp3) is 0.389. The zero-order valence-corrected chi connectivity index (χ0v) is 14.2. The van der Waals surface area contributed by atoms with Crippen molar-refractivity contribution in [2.24, 2.45) is 5.92 Å². The lowest BCUT2D eigenvalue weighted by Crippen LogP contribution is -2.23. The Hall–Kier alpha value is -2.67. The number of likely N-dealkylation sites (tertiary alicyclic amines) is 1. The zero-order chi connectivity index (χ0) is 17.1. The molecule has 7 nitrogen and oxygen atoms in total. The SMILES string of the molecule is Cc1cccc(NC[C@H]2CCN(Cc3nnc(-c4ccco4)o3)C2)n1. The Morgan fingerprint density at radius 1 is 1.24 bits per heavy atom. The van der Waals surface area contributed by atoms with Crippen molar-refractivity contribution in [3.63, 3.8) is 0 Å². The first-order chi connectivity index (χ1) is 12.3. The minimum Gasteiger partial charge on any atom is -0.459 e. The quantitative estimate of drug-likeness (QED) is 0.739. The van der Waals surface area contributed by atoms with Gasteiger partial charge >= 0.3 is 0 Å². The molecule has 7 heteroatoms. The summed E-state index contributed by atoms with van der Waals surface area (Å²) in [6, 6.07) is 9.66. The number of anilines is 1. The predicted octanol–water partition coefficient (Wildman–Crippen LogP) is 2.97. The molecule has 1 aliphatic rings. The van der Waals surface area contributed by atoms with Gasteiger partial charge in [-0.1, -0.05) is 6.07 Å². The highest BCUT2D eigenvalue weighted by Gasteiger charge is 2.24. The number of nitrogens with zero attached hydrogens (tertiary/aromatic N) is 4. The molecular formula is C18H21N5O2. The summed E-state index contributed by atoms with van der Waals surface area (Å²) in [6.45, 7) is 5.65. The van der Waals surface area contributed by atoms with Gasteiger partial charge in [-0.25, -0.2) is 4.98 Å². The number of nitrogens with one attached hydrogen (secondary N) is 1. The number of aromatic nitrogens is 3. The zero-order valence-electron chi connectivity index (χ0n) is 14.2. The minimum atomic E-state index is 0.433. The Morgan fingerprint density at radius 3 is 3.04 bits per heavy atom. The van der Waals surface area contributed by atoms with Crippen molar-refractivity contribution in [2.75, 3.05) is 25.0 Å². The third-order valence-electron chi connectivity index (χ3n) is 4.39. The molecule has 1 atom stereocenters. The molecule has 0 spiro atoms. The van der Waals surface area contributed by atoms with Gasteiger partial charge in [0.1, 0.15) is 5.82 Å². The molecule has 1 aliphatic heterocycles. The van der Waals surface area contributed by atoms with E-state index in [1.807, 2.05) is 31.2 Å². The Kier molecular flexibility index (Phi) is 4.47. The van der Waals surface area contributed by atoms with E-state index in [1.165, 1.54) is 0 Å². The lowest BCUT2D eigenvalue weighted by molar-refractivity contribution is 0.282. The van der Waals surface area contributed by atoms with Gasteiger partial charge in [0.2, 0.25) is 5.89 Å². The topological polar surface area (TPSA) is 80.2 Å². The highest BCUT2D eigenvalue weighted by Crippen LogP contribution is 2.22. The van der Waals surface area contributed by atoms with Crippen LogP contribution in [0, 0.1) is 12.8 Å². The van der Waals surface area contributed by atoms with Gasteiger partial charge in [0, 0.05) is 18.8 Å². The van der Waals surface area contributed by atoms with E-state index in [1.54, 1.807) is 12.3 Å². The van der Waals surface area contributed by atoms with Crippen molar-refractivity contribution in [1.82, 2.24) is 20.1 Å². The molecule has 4 rings (SSSR count). The molecule has 0 aliphatic carbocycles. The van der Waals surface area contributed by atoms with Gasteiger partial charge in [0.05, 0.1) is 12.8 Å². The molecule has 0 unspecified atom stereocenters. The highest BCUT2D eigenvalue weighted by atomic mass is 16.4. The van der Waals surface area contributed by atoms with Crippen LogP contribution in [0.3, 0.4) is 0 Å². The van der Waals surface area contributed by atoms with Crippen LogP contribution >= 0.6 is 0 Å². The van der Waals surface area contributed by atoms with Crippen LogP contribution in [0.4, 0.5) is 5.82 Å². The molecular weight excluding hydrogens is 318 g/mol. The van der Waals surface area contributed by atoms with Gasteiger partial charge < -0.3 is 14.2 Å². The smallest absolute Gasteiger partial charge is 0.283 e. The van der Waals surface area contributed by atoms with E-state index in [2.05, 4.69) is 25.4 Å². The molecule has 1 fully saturated rings. The molecule has 25 heavy (non-hydrogen) atoms. The second-order valence-electron chi connectivity index (χ2n) is 6.41. The van der Waals surface area contributed by atoms with Crippen LogP contribution in [0.25, 0.3) is 11.7 Å². The first-order valence-electron chi connectivity index (χ1n) is 8.52. The van der Waals surface area contributed by atoms with Gasteiger partial charge in [-0.05, 0) is 50.1 Å². The maximum Gasteiger partial charge on any atom is 0.283 e. The third-order valence-corrected chi connectivity index (χ3v) is 4.39. The standard InChI is InChI=1S/C18H21N5O2/c1-13-4-2-6-16(20-13)19-10-14-7-8-23(11-14)12-17-21-22-18(25-17)15-5-3-9-24-15/h2-6,9,14H,7-8,10-12H2,1H3,(H,19,20)/t14-/m1/s1. The van der Waals surface area contributed by atoms with Crippen LogP contribution in [0.5, 0.6) is 0 Å². The molecule has 3 aromatic rings. The van der Waals surface area contributed by atoms with Crippen molar-refractivity contribution >= 4 is 5.82 Å². The summed E-state index contributed by atoms with van der Waals surface area (Å²) in [6.07, 6.45) is 2.75. The molecule has 0 radical (unpaired) electrons. The second kappa shape index (κ2) is 7.06. The van der Waals surface area contributed by atoms with E-state index >= 15 is 0 Å². The van der Waals surface area contributed by atoms with Crippen molar-refractivity contribution in [3.8, 4) is 11.7 Å². The minimum absolute atomic E-state index is 0.433. The monoisotopic (exact) mass is 339 g/mol. The third kappa shape index (κ3) is 3.88. The van der Waals surface area contributed by atoms with E-state index < -0.39 is 0 Å². The number of pyridine rings is 1. The van der Waals surface area contributed by atoms with Gasteiger partial charge in [0.25, 0.3) is 5.89 Å². The van der Waals surface area contributed by atoms with Gasteiger partial charge in [-0.3, -0.25) is 4.90 Å². The molecule has 0 saturated carbocycles. The summed E-state index contributed by atoms with van der Waals surface area (Å²) < 4.78 is 11.0. The van der Waals surface area contributed by atoms with Gasteiger partial charge in [0.15, 0.2) is 5.76 Å². The van der Waals surface area contributed by atoms with E-state index in [9.17, 15) is 0 Å². The molecule has 0 bridgehead atoms. The summed E-state index contributed by atoms with van der Waals surface area (Å²) in [5.41, 5.74) is 1.03. The first-order valence-corrected chi connectivity index (χ1v) is 8.52. The van der Waals surface area contributed by atoms with E-state index in [0.717, 1.165) is 37.6 Å². The Morgan fingerprint density at radius 2 is 2.20 bits per heavy atom. The average molecular weight is 339 g/mol. The van der Waals surface area contributed by atoms with Gasteiger partial charge in [-0.2, -0.15) is 0 Å². The largest absolute Gasteiger partial charge is 0.459 e. The average Bonchev–Trinajstić information content (AvgIpc) is 3.35.